The van der Waals surface area contributed by atoms with Crippen molar-refractivity contribution in [2.75, 3.05) is 6.54 Å². The summed E-state index contributed by atoms with van der Waals surface area (Å²) in [6.07, 6.45) is 10.1. The second-order valence-corrected chi connectivity index (χ2v) is 5.33. The molecule has 1 aromatic rings. The summed E-state index contributed by atoms with van der Waals surface area (Å²) in [5.41, 5.74) is 0. The summed E-state index contributed by atoms with van der Waals surface area (Å²) in [6.45, 7) is 1.08. The summed E-state index contributed by atoms with van der Waals surface area (Å²) in [6, 6.07) is 0.300. The molecule has 0 radical (unpaired) electrons. The van der Waals surface area contributed by atoms with Gasteiger partial charge < -0.3 is 9.84 Å². The van der Waals surface area contributed by atoms with E-state index in [9.17, 15) is 0 Å². The van der Waals surface area contributed by atoms with Crippen molar-refractivity contribution in [3.8, 4) is 0 Å². The predicted molar refractivity (Wildman–Crippen MR) is 64.7 cm³/mol. The van der Waals surface area contributed by atoms with Crippen LogP contribution in [0.5, 0.6) is 0 Å². The Bertz CT molecular complexity index is 319. The van der Waals surface area contributed by atoms with E-state index in [-0.39, 0.29) is 0 Å². The molecule has 1 N–H and O–H groups in total. The van der Waals surface area contributed by atoms with Crippen molar-refractivity contribution >= 4 is 0 Å². The molecule has 1 aromatic heterocycles. The zero-order chi connectivity index (χ0) is 11.5. The molecule has 3 rings (SSSR count). The molecular formula is C13H21N3O. The van der Waals surface area contributed by atoms with Crippen LogP contribution in [-0.2, 0) is 0 Å². The molecule has 2 aliphatic rings. The van der Waals surface area contributed by atoms with Crippen LogP contribution in [0.15, 0.2) is 4.52 Å². The third-order valence-electron chi connectivity index (χ3n) is 4.04. The third-order valence-corrected chi connectivity index (χ3v) is 4.04. The summed E-state index contributed by atoms with van der Waals surface area (Å²) >= 11 is 0. The molecule has 1 saturated carbocycles. The molecule has 0 aromatic carbocycles. The predicted octanol–water partition coefficient (Wildman–Crippen LogP) is 2.93. The SMILES string of the molecule is C1CCC(c2noc([C@@H]3CCCCN3)n2)CC1. The van der Waals surface area contributed by atoms with E-state index >= 15 is 0 Å². The van der Waals surface area contributed by atoms with E-state index in [0.717, 1.165) is 24.7 Å². The number of nitrogens with zero attached hydrogens (tertiary/aromatic N) is 2. The zero-order valence-corrected chi connectivity index (χ0v) is 10.3. The van der Waals surface area contributed by atoms with Gasteiger partial charge in [-0.1, -0.05) is 30.8 Å². The van der Waals surface area contributed by atoms with E-state index in [1.807, 2.05) is 0 Å². The monoisotopic (exact) mass is 235 g/mol. The molecule has 4 nitrogen and oxygen atoms in total. The topological polar surface area (TPSA) is 51.0 Å². The van der Waals surface area contributed by atoms with Gasteiger partial charge in [0.25, 0.3) is 0 Å². The fourth-order valence-electron chi connectivity index (χ4n) is 2.98. The minimum absolute atomic E-state index is 0.300. The Morgan fingerprint density at radius 3 is 2.59 bits per heavy atom. The van der Waals surface area contributed by atoms with Gasteiger partial charge in [-0.3, -0.25) is 0 Å². The highest BCUT2D eigenvalue weighted by atomic mass is 16.5. The number of aromatic nitrogens is 2. The Balaban J connectivity index is 1.68. The van der Waals surface area contributed by atoms with E-state index in [4.69, 9.17) is 4.52 Å². The molecule has 1 atom stereocenters. The summed E-state index contributed by atoms with van der Waals surface area (Å²) in [5.74, 6) is 2.31. The first kappa shape index (κ1) is 11.2. The van der Waals surface area contributed by atoms with Gasteiger partial charge in [-0.2, -0.15) is 4.98 Å². The molecule has 17 heavy (non-hydrogen) atoms. The highest BCUT2D eigenvalue weighted by Gasteiger charge is 2.25. The lowest BCUT2D eigenvalue weighted by molar-refractivity contribution is 0.293. The van der Waals surface area contributed by atoms with Gasteiger partial charge in [0.05, 0.1) is 6.04 Å². The fourth-order valence-corrected chi connectivity index (χ4v) is 2.98. The molecule has 94 valence electrons. The van der Waals surface area contributed by atoms with E-state index in [1.165, 1.54) is 44.9 Å². The molecule has 0 amide bonds. The van der Waals surface area contributed by atoms with Crippen LogP contribution in [0.1, 0.15) is 75.0 Å². The maximum atomic E-state index is 5.43. The number of nitrogens with one attached hydrogen (secondary N) is 1. The Morgan fingerprint density at radius 2 is 1.82 bits per heavy atom. The van der Waals surface area contributed by atoms with Crippen molar-refractivity contribution in [1.29, 1.82) is 0 Å². The standard InChI is InChI=1S/C13H21N3O/c1-2-6-10(7-3-1)12-15-13(17-16-12)11-8-4-5-9-14-11/h10-11,14H,1-9H2/t11-/m0/s1. The van der Waals surface area contributed by atoms with Crippen LogP contribution in [0.2, 0.25) is 0 Å². The number of hydrogen-bond acceptors (Lipinski definition) is 4. The van der Waals surface area contributed by atoms with Crippen LogP contribution in [0, 0.1) is 0 Å². The van der Waals surface area contributed by atoms with Gasteiger partial charge in [-0.15, -0.1) is 0 Å². The first-order valence-corrected chi connectivity index (χ1v) is 7.00. The van der Waals surface area contributed by atoms with E-state index in [1.54, 1.807) is 0 Å². The molecule has 1 aliphatic carbocycles. The van der Waals surface area contributed by atoms with Gasteiger partial charge in [-0.25, -0.2) is 0 Å². The minimum Gasteiger partial charge on any atom is -0.338 e. The summed E-state index contributed by atoms with van der Waals surface area (Å²) in [7, 11) is 0. The molecule has 1 saturated heterocycles. The Kier molecular flexibility index (Phi) is 3.41. The summed E-state index contributed by atoms with van der Waals surface area (Å²) < 4.78 is 5.43. The van der Waals surface area contributed by atoms with Gasteiger partial charge in [0, 0.05) is 5.92 Å². The molecule has 2 heterocycles. The smallest absolute Gasteiger partial charge is 0.243 e. The largest absolute Gasteiger partial charge is 0.338 e. The van der Waals surface area contributed by atoms with Crippen LogP contribution >= 0.6 is 0 Å². The second kappa shape index (κ2) is 5.17. The maximum Gasteiger partial charge on any atom is 0.243 e. The second-order valence-electron chi connectivity index (χ2n) is 5.33. The van der Waals surface area contributed by atoms with Crippen LogP contribution in [0.3, 0.4) is 0 Å². The molecule has 2 fully saturated rings. The van der Waals surface area contributed by atoms with Crippen molar-refractivity contribution in [2.24, 2.45) is 0 Å². The van der Waals surface area contributed by atoms with Crippen molar-refractivity contribution in [2.45, 2.75) is 63.3 Å². The van der Waals surface area contributed by atoms with Crippen LogP contribution < -0.4 is 5.32 Å². The Morgan fingerprint density at radius 1 is 1.00 bits per heavy atom. The van der Waals surface area contributed by atoms with Crippen molar-refractivity contribution < 1.29 is 4.52 Å². The van der Waals surface area contributed by atoms with Crippen molar-refractivity contribution in [3.63, 3.8) is 0 Å². The first-order chi connectivity index (χ1) is 8.43. The molecule has 4 heteroatoms. The minimum atomic E-state index is 0.300. The quantitative estimate of drug-likeness (QED) is 0.856. The molecule has 1 aliphatic heterocycles. The summed E-state index contributed by atoms with van der Waals surface area (Å²) in [5, 5.41) is 7.64. The first-order valence-electron chi connectivity index (χ1n) is 7.00. The van der Waals surface area contributed by atoms with Crippen molar-refractivity contribution in [1.82, 2.24) is 15.5 Å². The highest BCUT2D eigenvalue weighted by Crippen LogP contribution is 2.32. The van der Waals surface area contributed by atoms with Gasteiger partial charge in [-0.05, 0) is 32.2 Å². The van der Waals surface area contributed by atoms with Crippen LogP contribution in [0.25, 0.3) is 0 Å². The van der Waals surface area contributed by atoms with Crippen LogP contribution in [0.4, 0.5) is 0 Å². The number of hydrogen-bond donors (Lipinski definition) is 1. The normalized spacial score (nSPS) is 27.2. The number of rotatable bonds is 2. The van der Waals surface area contributed by atoms with Gasteiger partial charge in [0.2, 0.25) is 5.89 Å². The highest BCUT2D eigenvalue weighted by molar-refractivity contribution is 5.00. The summed E-state index contributed by atoms with van der Waals surface area (Å²) in [4.78, 5) is 4.62. The number of piperidine rings is 1. The van der Waals surface area contributed by atoms with Gasteiger partial charge in [0.1, 0.15) is 0 Å². The average Bonchev–Trinajstić information content (AvgIpc) is 2.90. The van der Waals surface area contributed by atoms with Gasteiger partial charge >= 0.3 is 0 Å². The Hall–Kier alpha value is -0.900. The molecule has 0 spiro atoms. The molecule has 0 unspecified atom stereocenters. The van der Waals surface area contributed by atoms with E-state index in [0.29, 0.717) is 12.0 Å². The third kappa shape index (κ3) is 2.51. The Labute approximate surface area is 102 Å². The fraction of sp³-hybridized carbons (Fsp3) is 0.846. The zero-order valence-electron chi connectivity index (χ0n) is 10.3. The average molecular weight is 235 g/mol. The lowest BCUT2D eigenvalue weighted by Gasteiger charge is -2.20. The van der Waals surface area contributed by atoms with E-state index < -0.39 is 0 Å². The maximum absolute atomic E-state index is 5.43. The van der Waals surface area contributed by atoms with E-state index in [2.05, 4.69) is 15.5 Å². The molecular weight excluding hydrogens is 214 g/mol. The lowest BCUT2D eigenvalue weighted by Crippen LogP contribution is -2.27. The van der Waals surface area contributed by atoms with Crippen LogP contribution in [-0.4, -0.2) is 16.7 Å². The van der Waals surface area contributed by atoms with Gasteiger partial charge in [0.15, 0.2) is 5.82 Å². The lowest BCUT2D eigenvalue weighted by atomic mass is 9.89. The molecule has 0 bridgehead atoms. The van der Waals surface area contributed by atoms with Crippen molar-refractivity contribution in [3.05, 3.63) is 11.7 Å².